The van der Waals surface area contributed by atoms with Crippen LogP contribution < -0.4 is 10.1 Å². The van der Waals surface area contributed by atoms with Crippen molar-refractivity contribution < 1.29 is 9.84 Å². The fourth-order valence-corrected chi connectivity index (χ4v) is 2.12. The molecule has 2 N–H and O–H groups in total. The Bertz CT molecular complexity index is 585. The standard InChI is InChI=1S/C17H25N3O2/c1-17(2,3)20-12-13(10-19-20)9-18-11-16(21)14-5-7-15(22-4)8-6-14/h5-8,10,12,16,18,21H,9,11H2,1-4H3/t16-/m1/s1. The van der Waals surface area contributed by atoms with Crippen molar-refractivity contribution in [3.8, 4) is 5.75 Å². The third-order valence-electron chi connectivity index (χ3n) is 3.49. The molecule has 0 saturated heterocycles. The first-order valence-electron chi connectivity index (χ1n) is 7.47. The van der Waals surface area contributed by atoms with Gasteiger partial charge < -0.3 is 15.2 Å². The van der Waals surface area contributed by atoms with Gasteiger partial charge in [-0.15, -0.1) is 0 Å². The number of hydrogen-bond acceptors (Lipinski definition) is 4. The molecule has 120 valence electrons. The molecule has 1 aromatic carbocycles. The molecule has 2 rings (SSSR count). The Morgan fingerprint density at radius 1 is 1.27 bits per heavy atom. The number of aliphatic hydroxyl groups excluding tert-OH is 1. The van der Waals surface area contributed by atoms with E-state index in [1.54, 1.807) is 7.11 Å². The summed E-state index contributed by atoms with van der Waals surface area (Å²) in [6, 6.07) is 7.46. The first-order chi connectivity index (χ1) is 10.4. The molecule has 5 nitrogen and oxygen atoms in total. The number of aromatic nitrogens is 2. The van der Waals surface area contributed by atoms with Gasteiger partial charge in [0.15, 0.2) is 0 Å². The summed E-state index contributed by atoms with van der Waals surface area (Å²) in [5.74, 6) is 0.790. The molecular weight excluding hydrogens is 278 g/mol. The number of ether oxygens (including phenoxy) is 1. The Morgan fingerprint density at radius 3 is 2.50 bits per heavy atom. The number of benzene rings is 1. The number of hydrogen-bond donors (Lipinski definition) is 2. The molecule has 0 aliphatic rings. The molecule has 0 radical (unpaired) electrons. The summed E-state index contributed by atoms with van der Waals surface area (Å²) in [5, 5.41) is 17.8. The maximum Gasteiger partial charge on any atom is 0.118 e. The topological polar surface area (TPSA) is 59.3 Å². The van der Waals surface area contributed by atoms with Crippen LogP contribution >= 0.6 is 0 Å². The van der Waals surface area contributed by atoms with Gasteiger partial charge in [0.1, 0.15) is 5.75 Å². The summed E-state index contributed by atoms with van der Waals surface area (Å²) in [5.41, 5.74) is 1.97. The van der Waals surface area contributed by atoms with Crippen molar-refractivity contribution in [2.24, 2.45) is 0 Å². The minimum absolute atomic E-state index is 0.0130. The Hall–Kier alpha value is -1.85. The van der Waals surface area contributed by atoms with Gasteiger partial charge in [-0.25, -0.2) is 0 Å². The molecule has 0 amide bonds. The maximum absolute atomic E-state index is 10.2. The highest BCUT2D eigenvalue weighted by Gasteiger charge is 2.14. The van der Waals surface area contributed by atoms with Crippen LogP contribution in [0.2, 0.25) is 0 Å². The van der Waals surface area contributed by atoms with E-state index < -0.39 is 6.10 Å². The van der Waals surface area contributed by atoms with Gasteiger partial charge in [-0.1, -0.05) is 12.1 Å². The van der Waals surface area contributed by atoms with Crippen LogP contribution in [0.1, 0.15) is 38.0 Å². The molecule has 1 atom stereocenters. The molecule has 0 saturated carbocycles. The Morgan fingerprint density at radius 2 is 1.95 bits per heavy atom. The van der Waals surface area contributed by atoms with Crippen molar-refractivity contribution >= 4 is 0 Å². The van der Waals surface area contributed by atoms with Crippen molar-refractivity contribution in [2.45, 2.75) is 39.0 Å². The predicted octanol–water partition coefficient (Wildman–Crippen LogP) is 2.47. The molecular formula is C17H25N3O2. The third-order valence-corrected chi connectivity index (χ3v) is 3.49. The van der Waals surface area contributed by atoms with Gasteiger partial charge in [-0.3, -0.25) is 4.68 Å². The molecule has 1 heterocycles. The third kappa shape index (κ3) is 4.32. The monoisotopic (exact) mass is 303 g/mol. The SMILES string of the molecule is COc1ccc([C@H](O)CNCc2cnn(C(C)(C)C)c2)cc1. The molecule has 0 unspecified atom stereocenters. The highest BCUT2D eigenvalue weighted by Crippen LogP contribution is 2.17. The van der Waals surface area contributed by atoms with E-state index in [9.17, 15) is 5.11 Å². The first kappa shape index (κ1) is 16.5. The number of methoxy groups -OCH3 is 1. The van der Waals surface area contributed by atoms with Crippen molar-refractivity contribution in [2.75, 3.05) is 13.7 Å². The fraction of sp³-hybridized carbons (Fsp3) is 0.471. The molecule has 5 heteroatoms. The first-order valence-corrected chi connectivity index (χ1v) is 7.47. The Kier molecular flexibility index (Phi) is 5.21. The van der Waals surface area contributed by atoms with Crippen molar-refractivity contribution in [1.29, 1.82) is 0 Å². The summed E-state index contributed by atoms with van der Waals surface area (Å²) in [6.07, 6.45) is 3.36. The maximum atomic E-state index is 10.2. The zero-order chi connectivity index (χ0) is 16.2. The lowest BCUT2D eigenvalue weighted by Crippen LogP contribution is -2.22. The lowest BCUT2D eigenvalue weighted by Gasteiger charge is -2.18. The summed E-state index contributed by atoms with van der Waals surface area (Å²) >= 11 is 0. The van der Waals surface area contributed by atoms with E-state index in [1.807, 2.05) is 41.3 Å². The second kappa shape index (κ2) is 6.94. The van der Waals surface area contributed by atoms with E-state index >= 15 is 0 Å². The smallest absolute Gasteiger partial charge is 0.118 e. The minimum atomic E-state index is -0.538. The highest BCUT2D eigenvalue weighted by molar-refractivity contribution is 5.28. The van der Waals surface area contributed by atoms with E-state index in [0.29, 0.717) is 13.1 Å². The van der Waals surface area contributed by atoms with Gasteiger partial charge >= 0.3 is 0 Å². The highest BCUT2D eigenvalue weighted by atomic mass is 16.5. The van der Waals surface area contributed by atoms with E-state index in [0.717, 1.165) is 16.9 Å². The molecule has 22 heavy (non-hydrogen) atoms. The van der Waals surface area contributed by atoms with Crippen LogP contribution in [0.3, 0.4) is 0 Å². The minimum Gasteiger partial charge on any atom is -0.497 e. The van der Waals surface area contributed by atoms with E-state index in [1.165, 1.54) is 0 Å². The van der Waals surface area contributed by atoms with Crippen molar-refractivity contribution in [3.63, 3.8) is 0 Å². The summed E-state index contributed by atoms with van der Waals surface area (Å²) in [4.78, 5) is 0. The van der Waals surface area contributed by atoms with E-state index in [4.69, 9.17) is 4.74 Å². The van der Waals surface area contributed by atoms with Gasteiger partial charge in [0.05, 0.1) is 24.9 Å². The van der Waals surface area contributed by atoms with Crippen LogP contribution in [0.15, 0.2) is 36.7 Å². The molecule has 1 aromatic heterocycles. The summed E-state index contributed by atoms with van der Waals surface area (Å²) in [6.45, 7) is 7.52. The molecule has 0 bridgehead atoms. The average Bonchev–Trinajstić information content (AvgIpc) is 2.96. The van der Waals surface area contributed by atoms with Gasteiger partial charge in [0.2, 0.25) is 0 Å². The van der Waals surface area contributed by atoms with E-state index in [2.05, 4.69) is 31.2 Å². The number of nitrogens with zero attached hydrogens (tertiary/aromatic N) is 2. The predicted molar refractivity (Wildman–Crippen MR) is 86.9 cm³/mol. The van der Waals surface area contributed by atoms with Gasteiger partial charge in [-0.2, -0.15) is 5.10 Å². The van der Waals surface area contributed by atoms with Gasteiger partial charge in [-0.05, 0) is 38.5 Å². The van der Waals surface area contributed by atoms with Gasteiger partial charge in [0, 0.05) is 24.8 Å². The normalized spacial score (nSPS) is 13.1. The number of nitrogens with one attached hydrogen (secondary N) is 1. The fourth-order valence-electron chi connectivity index (χ4n) is 2.12. The van der Waals surface area contributed by atoms with Crippen LogP contribution in [0.25, 0.3) is 0 Å². The van der Waals surface area contributed by atoms with Crippen LogP contribution in [0.5, 0.6) is 5.75 Å². The second-order valence-electron chi connectivity index (χ2n) is 6.38. The second-order valence-corrected chi connectivity index (χ2v) is 6.38. The summed E-state index contributed by atoms with van der Waals surface area (Å²) < 4.78 is 7.06. The quantitative estimate of drug-likeness (QED) is 0.860. The molecule has 0 aliphatic carbocycles. The van der Waals surface area contributed by atoms with Crippen LogP contribution in [0.4, 0.5) is 0 Å². The zero-order valence-corrected chi connectivity index (χ0v) is 13.7. The Labute approximate surface area is 131 Å². The zero-order valence-electron chi connectivity index (χ0n) is 13.7. The van der Waals surface area contributed by atoms with Crippen LogP contribution in [-0.4, -0.2) is 28.5 Å². The lowest BCUT2D eigenvalue weighted by atomic mass is 10.1. The van der Waals surface area contributed by atoms with Crippen molar-refractivity contribution in [1.82, 2.24) is 15.1 Å². The molecule has 0 fully saturated rings. The molecule has 0 spiro atoms. The Balaban J connectivity index is 1.83. The number of aliphatic hydroxyl groups is 1. The average molecular weight is 303 g/mol. The van der Waals surface area contributed by atoms with Crippen LogP contribution in [0, 0.1) is 0 Å². The summed E-state index contributed by atoms with van der Waals surface area (Å²) in [7, 11) is 1.63. The largest absolute Gasteiger partial charge is 0.497 e. The lowest BCUT2D eigenvalue weighted by molar-refractivity contribution is 0.174. The van der Waals surface area contributed by atoms with Gasteiger partial charge in [0.25, 0.3) is 0 Å². The van der Waals surface area contributed by atoms with E-state index in [-0.39, 0.29) is 5.54 Å². The number of rotatable bonds is 6. The van der Waals surface area contributed by atoms with Crippen LogP contribution in [-0.2, 0) is 12.1 Å². The molecule has 0 aliphatic heterocycles. The van der Waals surface area contributed by atoms with Crippen molar-refractivity contribution in [3.05, 3.63) is 47.8 Å². The molecule has 2 aromatic rings.